The van der Waals surface area contributed by atoms with Crippen LogP contribution in [0.4, 0.5) is 0 Å². The molecule has 3 atom stereocenters. The number of hydrogen-bond acceptors (Lipinski definition) is 2. The van der Waals surface area contributed by atoms with Gasteiger partial charge in [-0.2, -0.15) is 0 Å². The summed E-state index contributed by atoms with van der Waals surface area (Å²) < 4.78 is 0. The zero-order valence-corrected chi connectivity index (χ0v) is 13.6. The highest BCUT2D eigenvalue weighted by Crippen LogP contribution is 2.29. The second kappa shape index (κ2) is 8.55. The first-order valence-corrected chi connectivity index (χ1v) is 8.59. The largest absolute Gasteiger partial charge is 0.396 e. The number of hydrogen-bond donors (Lipinski definition) is 2. The van der Waals surface area contributed by atoms with Crippen molar-refractivity contribution in [1.29, 1.82) is 0 Å². The highest BCUT2D eigenvalue weighted by molar-refractivity contribution is 5.22. The Kier molecular flexibility index (Phi) is 6.72. The van der Waals surface area contributed by atoms with Gasteiger partial charge in [-0.05, 0) is 63.5 Å². The molecule has 1 fully saturated rings. The average molecular weight is 289 g/mol. The van der Waals surface area contributed by atoms with Crippen LogP contribution in [0.5, 0.6) is 0 Å². The third-order valence-electron chi connectivity index (χ3n) is 4.98. The topological polar surface area (TPSA) is 32.3 Å². The molecule has 0 heterocycles. The predicted octanol–water partition coefficient (Wildman–Crippen LogP) is 3.70. The first kappa shape index (κ1) is 16.5. The minimum Gasteiger partial charge on any atom is -0.396 e. The van der Waals surface area contributed by atoms with Gasteiger partial charge in [0, 0.05) is 12.6 Å². The number of aliphatic hydroxyl groups is 1. The van der Waals surface area contributed by atoms with E-state index in [-0.39, 0.29) is 0 Å². The van der Waals surface area contributed by atoms with E-state index in [0.29, 0.717) is 24.5 Å². The maximum Gasteiger partial charge on any atom is 0.0462 e. The molecule has 3 unspecified atom stereocenters. The summed E-state index contributed by atoms with van der Waals surface area (Å²) in [7, 11) is 0. The number of aryl methyl sites for hydroxylation is 2. The van der Waals surface area contributed by atoms with Gasteiger partial charge in [0.1, 0.15) is 0 Å². The van der Waals surface area contributed by atoms with E-state index < -0.39 is 0 Å². The molecule has 0 spiro atoms. The van der Waals surface area contributed by atoms with Crippen LogP contribution in [0.1, 0.15) is 50.2 Å². The summed E-state index contributed by atoms with van der Waals surface area (Å²) in [4.78, 5) is 0. The lowest BCUT2D eigenvalue weighted by Crippen LogP contribution is -2.36. The second-order valence-corrected chi connectivity index (χ2v) is 6.82. The highest BCUT2D eigenvalue weighted by atomic mass is 16.3. The van der Waals surface area contributed by atoms with Gasteiger partial charge in [0.05, 0.1) is 0 Å². The second-order valence-electron chi connectivity index (χ2n) is 6.82. The first-order chi connectivity index (χ1) is 10.2. The summed E-state index contributed by atoms with van der Waals surface area (Å²) >= 11 is 0. The molecule has 1 aliphatic carbocycles. The van der Waals surface area contributed by atoms with Crippen molar-refractivity contribution in [3.05, 3.63) is 35.4 Å². The van der Waals surface area contributed by atoms with E-state index in [9.17, 15) is 5.11 Å². The van der Waals surface area contributed by atoms with Crippen molar-refractivity contribution < 1.29 is 5.11 Å². The third kappa shape index (κ3) is 5.44. The molecule has 1 aromatic rings. The molecule has 1 aromatic carbocycles. The quantitative estimate of drug-likeness (QED) is 0.802. The maximum atomic E-state index is 9.48. The van der Waals surface area contributed by atoms with E-state index in [4.69, 9.17) is 0 Å². The van der Waals surface area contributed by atoms with Gasteiger partial charge in [0.2, 0.25) is 0 Å². The van der Waals surface area contributed by atoms with Crippen molar-refractivity contribution in [1.82, 2.24) is 5.32 Å². The van der Waals surface area contributed by atoms with Crippen LogP contribution in [-0.2, 0) is 6.42 Å². The fourth-order valence-corrected chi connectivity index (χ4v) is 3.50. The number of benzene rings is 1. The van der Waals surface area contributed by atoms with Crippen LogP contribution in [0.25, 0.3) is 0 Å². The Labute approximate surface area is 130 Å². The van der Waals surface area contributed by atoms with Crippen molar-refractivity contribution in [2.75, 3.05) is 13.2 Å². The van der Waals surface area contributed by atoms with Gasteiger partial charge in [-0.3, -0.25) is 0 Å². The predicted molar refractivity (Wildman–Crippen MR) is 89.5 cm³/mol. The molecule has 1 saturated carbocycles. The molecule has 2 nitrogen and oxygen atoms in total. The average Bonchev–Trinajstić information content (AvgIpc) is 2.51. The third-order valence-corrected chi connectivity index (χ3v) is 4.98. The summed E-state index contributed by atoms with van der Waals surface area (Å²) in [6.07, 6.45) is 7.44. The van der Waals surface area contributed by atoms with Crippen LogP contribution >= 0.6 is 0 Å². The van der Waals surface area contributed by atoms with Crippen LogP contribution in [0.3, 0.4) is 0 Å². The minimum atomic E-state index is 0.365. The fraction of sp³-hybridized carbons (Fsp3) is 0.684. The van der Waals surface area contributed by atoms with Gasteiger partial charge in [-0.1, -0.05) is 42.7 Å². The lowest BCUT2D eigenvalue weighted by molar-refractivity contribution is 0.131. The Morgan fingerprint density at radius 1 is 1.24 bits per heavy atom. The van der Waals surface area contributed by atoms with Crippen LogP contribution in [0.2, 0.25) is 0 Å². The number of aliphatic hydroxyl groups excluding tert-OH is 1. The molecule has 1 aliphatic rings. The van der Waals surface area contributed by atoms with Crippen LogP contribution < -0.4 is 5.32 Å². The van der Waals surface area contributed by atoms with E-state index in [1.165, 1.54) is 43.2 Å². The van der Waals surface area contributed by atoms with Crippen molar-refractivity contribution >= 4 is 0 Å². The molecule has 0 saturated heterocycles. The number of nitrogens with one attached hydrogen (secondary N) is 1. The Morgan fingerprint density at radius 2 is 2.00 bits per heavy atom. The molecule has 0 aromatic heterocycles. The van der Waals surface area contributed by atoms with Gasteiger partial charge in [0.15, 0.2) is 0 Å². The first-order valence-electron chi connectivity index (χ1n) is 8.59. The lowest BCUT2D eigenvalue weighted by Gasteiger charge is -2.31. The Bertz CT molecular complexity index is 418. The molecular formula is C19H31NO. The highest BCUT2D eigenvalue weighted by Gasteiger charge is 2.24. The van der Waals surface area contributed by atoms with Crippen molar-refractivity contribution in [2.24, 2.45) is 11.8 Å². The Hall–Kier alpha value is -0.860. The molecule has 0 radical (unpaired) electrons. The normalized spacial score (nSPS) is 24.0. The monoisotopic (exact) mass is 289 g/mol. The van der Waals surface area contributed by atoms with Crippen LogP contribution in [0, 0.1) is 18.8 Å². The molecular weight excluding hydrogens is 258 g/mol. The molecule has 118 valence electrons. The SMILES string of the molecule is Cc1cccc(CCC(C)NCC2CCCCC2CO)c1. The molecule has 0 amide bonds. The Morgan fingerprint density at radius 3 is 2.71 bits per heavy atom. The van der Waals surface area contributed by atoms with Gasteiger partial charge in [-0.25, -0.2) is 0 Å². The van der Waals surface area contributed by atoms with Crippen molar-refractivity contribution in [2.45, 2.75) is 58.4 Å². The standard InChI is InChI=1S/C19H31NO/c1-15-6-5-7-17(12-15)11-10-16(2)20-13-18-8-3-4-9-19(18)14-21/h5-7,12,16,18-21H,3-4,8-11,13-14H2,1-2H3. The minimum absolute atomic E-state index is 0.365. The van der Waals surface area contributed by atoms with Crippen molar-refractivity contribution in [3.8, 4) is 0 Å². The van der Waals surface area contributed by atoms with E-state index in [0.717, 1.165) is 13.0 Å². The van der Waals surface area contributed by atoms with Crippen molar-refractivity contribution in [3.63, 3.8) is 0 Å². The lowest BCUT2D eigenvalue weighted by atomic mass is 9.79. The number of rotatable bonds is 7. The van der Waals surface area contributed by atoms with Crippen LogP contribution in [0.15, 0.2) is 24.3 Å². The smallest absolute Gasteiger partial charge is 0.0462 e. The summed E-state index contributed by atoms with van der Waals surface area (Å²) in [6, 6.07) is 9.37. The van der Waals surface area contributed by atoms with E-state index in [1.807, 2.05) is 0 Å². The van der Waals surface area contributed by atoms with Crippen LogP contribution in [-0.4, -0.2) is 24.3 Å². The van der Waals surface area contributed by atoms with Gasteiger partial charge in [-0.15, -0.1) is 0 Å². The van der Waals surface area contributed by atoms with Gasteiger partial charge >= 0.3 is 0 Å². The van der Waals surface area contributed by atoms with E-state index >= 15 is 0 Å². The summed E-state index contributed by atoms with van der Waals surface area (Å²) in [5.74, 6) is 1.19. The van der Waals surface area contributed by atoms with E-state index in [1.54, 1.807) is 0 Å². The van der Waals surface area contributed by atoms with Gasteiger partial charge in [0.25, 0.3) is 0 Å². The maximum absolute atomic E-state index is 9.48. The Balaban J connectivity index is 1.70. The fourth-order valence-electron chi connectivity index (χ4n) is 3.50. The zero-order valence-electron chi connectivity index (χ0n) is 13.6. The molecule has 2 rings (SSSR count). The molecule has 2 N–H and O–H groups in total. The van der Waals surface area contributed by atoms with E-state index in [2.05, 4.69) is 43.4 Å². The molecule has 0 aliphatic heterocycles. The summed E-state index contributed by atoms with van der Waals surface area (Å²) in [6.45, 7) is 5.88. The summed E-state index contributed by atoms with van der Waals surface area (Å²) in [5.41, 5.74) is 2.79. The molecule has 0 bridgehead atoms. The molecule has 21 heavy (non-hydrogen) atoms. The van der Waals surface area contributed by atoms with Gasteiger partial charge < -0.3 is 10.4 Å². The summed E-state index contributed by atoms with van der Waals surface area (Å²) in [5, 5.41) is 13.2. The zero-order chi connectivity index (χ0) is 15.1. The molecule has 2 heteroatoms.